The van der Waals surface area contributed by atoms with Crippen LogP contribution in [0.2, 0.25) is 0 Å². The number of carbonyl (C=O) groups is 1. The van der Waals surface area contributed by atoms with E-state index in [4.69, 9.17) is 0 Å². The van der Waals surface area contributed by atoms with Gasteiger partial charge in [0.1, 0.15) is 0 Å². The van der Waals surface area contributed by atoms with Crippen LogP contribution in [0.1, 0.15) is 27.2 Å². The average Bonchev–Trinajstić information content (AvgIpc) is 2.40. The van der Waals surface area contributed by atoms with E-state index in [0.717, 1.165) is 28.9 Å². The molecule has 0 atom stereocenters. The Morgan fingerprint density at radius 3 is 2.38 bits per heavy atom. The highest BCUT2D eigenvalue weighted by molar-refractivity contribution is 9.10. The third kappa shape index (κ3) is 8.10. The molecule has 0 heterocycles. The minimum Gasteiger partial charge on any atom is -0.354 e. The van der Waals surface area contributed by atoms with Gasteiger partial charge in [-0.25, -0.2) is 0 Å². The van der Waals surface area contributed by atoms with E-state index in [1.54, 1.807) is 11.8 Å². The fourth-order valence-electron chi connectivity index (χ4n) is 1.62. The van der Waals surface area contributed by atoms with E-state index in [-0.39, 0.29) is 18.3 Å². The van der Waals surface area contributed by atoms with Crippen molar-refractivity contribution in [3.63, 3.8) is 0 Å². The lowest BCUT2D eigenvalue weighted by Crippen LogP contribution is -2.42. The molecule has 0 aliphatic rings. The second-order valence-corrected chi connectivity index (χ2v) is 7.68. The number of carbonyl (C=O) groups excluding carboxylic acids is 1. The summed E-state index contributed by atoms with van der Waals surface area (Å²) >= 11 is 4.99. The zero-order valence-electron chi connectivity index (χ0n) is 12.7. The molecule has 0 aliphatic carbocycles. The average molecular weight is 396 g/mol. The minimum atomic E-state index is -0.474. The van der Waals surface area contributed by atoms with E-state index in [1.807, 2.05) is 38.1 Å². The number of nitrogens with one attached hydrogen (secondary N) is 2. The Bertz CT molecular complexity index is 426. The van der Waals surface area contributed by atoms with E-state index >= 15 is 0 Å². The van der Waals surface area contributed by atoms with Crippen LogP contribution in [0, 0.1) is 0 Å². The predicted octanol–water partition coefficient (Wildman–Crippen LogP) is 3.86. The molecule has 0 unspecified atom stereocenters. The quantitative estimate of drug-likeness (QED) is 0.519. The lowest BCUT2D eigenvalue weighted by Gasteiger charge is -2.23. The van der Waals surface area contributed by atoms with Gasteiger partial charge in [0.25, 0.3) is 0 Å². The Hall–Kier alpha value is -0.230. The van der Waals surface area contributed by atoms with Gasteiger partial charge in [-0.1, -0.05) is 22.9 Å². The first-order valence-corrected chi connectivity index (χ1v) is 8.50. The Kier molecular flexibility index (Phi) is 10.4. The summed E-state index contributed by atoms with van der Waals surface area (Å²) in [6.45, 7) is 8.52. The van der Waals surface area contributed by atoms with Crippen molar-refractivity contribution in [2.75, 3.05) is 19.6 Å². The summed E-state index contributed by atoms with van der Waals surface area (Å²) in [5.74, 6) is 0.0729. The van der Waals surface area contributed by atoms with Crippen molar-refractivity contribution < 1.29 is 4.79 Å². The Morgan fingerprint density at radius 1 is 1.19 bits per heavy atom. The monoisotopic (exact) mass is 394 g/mol. The van der Waals surface area contributed by atoms with Gasteiger partial charge in [0.15, 0.2) is 0 Å². The summed E-state index contributed by atoms with van der Waals surface area (Å²) in [6.07, 6.45) is 1.11. The third-order valence-corrected chi connectivity index (χ3v) is 4.48. The molecule has 0 saturated carbocycles. The molecule has 0 aromatic heterocycles. The Morgan fingerprint density at radius 2 is 1.81 bits per heavy atom. The molecule has 1 rings (SSSR count). The van der Waals surface area contributed by atoms with E-state index < -0.39 is 4.75 Å². The molecular weight excluding hydrogens is 372 g/mol. The molecule has 120 valence electrons. The summed E-state index contributed by atoms with van der Waals surface area (Å²) in [6, 6.07) is 8.02. The van der Waals surface area contributed by atoms with Crippen molar-refractivity contribution in [2.24, 2.45) is 0 Å². The molecule has 0 radical (unpaired) electrons. The molecule has 21 heavy (non-hydrogen) atoms. The molecule has 1 amide bonds. The topological polar surface area (TPSA) is 41.1 Å². The van der Waals surface area contributed by atoms with Gasteiger partial charge >= 0.3 is 0 Å². The van der Waals surface area contributed by atoms with Crippen molar-refractivity contribution >= 4 is 46.0 Å². The number of thioether (sulfide) groups is 1. The van der Waals surface area contributed by atoms with Crippen LogP contribution in [-0.4, -0.2) is 30.3 Å². The SMILES string of the molecule is CCCNCCNC(=O)C(C)(C)Sc1ccc(Br)cc1.Cl. The van der Waals surface area contributed by atoms with Crippen LogP contribution in [0.3, 0.4) is 0 Å². The number of halogens is 2. The van der Waals surface area contributed by atoms with Crippen molar-refractivity contribution in [3.8, 4) is 0 Å². The molecule has 0 spiro atoms. The van der Waals surface area contributed by atoms with Crippen molar-refractivity contribution in [1.82, 2.24) is 10.6 Å². The summed E-state index contributed by atoms with van der Waals surface area (Å²) in [7, 11) is 0. The van der Waals surface area contributed by atoms with Crippen LogP contribution in [0.4, 0.5) is 0 Å². The van der Waals surface area contributed by atoms with Crippen LogP contribution < -0.4 is 10.6 Å². The lowest BCUT2D eigenvalue weighted by atomic mass is 10.2. The van der Waals surface area contributed by atoms with Crippen molar-refractivity contribution in [3.05, 3.63) is 28.7 Å². The fourth-order valence-corrected chi connectivity index (χ4v) is 2.91. The molecule has 0 fully saturated rings. The number of hydrogen-bond donors (Lipinski definition) is 2. The molecule has 0 bridgehead atoms. The fraction of sp³-hybridized carbons (Fsp3) is 0.533. The van der Waals surface area contributed by atoms with E-state index in [0.29, 0.717) is 6.54 Å². The van der Waals surface area contributed by atoms with Crippen molar-refractivity contribution in [2.45, 2.75) is 36.8 Å². The Labute approximate surface area is 146 Å². The second-order valence-electron chi connectivity index (χ2n) is 5.07. The van der Waals surface area contributed by atoms with Crippen LogP contribution in [-0.2, 0) is 4.79 Å². The maximum absolute atomic E-state index is 12.2. The van der Waals surface area contributed by atoms with Gasteiger partial charge in [0.2, 0.25) is 5.91 Å². The summed E-state index contributed by atoms with van der Waals surface area (Å²) < 4.78 is 0.574. The first-order chi connectivity index (χ1) is 9.45. The van der Waals surface area contributed by atoms with E-state index in [1.165, 1.54) is 0 Å². The largest absolute Gasteiger partial charge is 0.354 e. The van der Waals surface area contributed by atoms with Gasteiger partial charge in [-0.05, 0) is 51.1 Å². The van der Waals surface area contributed by atoms with Gasteiger partial charge in [0.05, 0.1) is 4.75 Å². The van der Waals surface area contributed by atoms with Crippen LogP contribution in [0.5, 0.6) is 0 Å². The predicted molar refractivity (Wildman–Crippen MR) is 97.5 cm³/mol. The van der Waals surface area contributed by atoms with Gasteiger partial charge < -0.3 is 10.6 Å². The molecule has 1 aromatic carbocycles. The molecular formula is C15H24BrClN2OS. The molecule has 0 saturated heterocycles. The molecule has 6 heteroatoms. The first kappa shape index (κ1) is 20.8. The number of amides is 1. The molecule has 3 nitrogen and oxygen atoms in total. The summed E-state index contributed by atoms with van der Waals surface area (Å²) in [5.41, 5.74) is 0. The van der Waals surface area contributed by atoms with Gasteiger partial charge in [-0.2, -0.15) is 0 Å². The summed E-state index contributed by atoms with van der Waals surface area (Å²) in [5, 5.41) is 6.25. The molecule has 2 N–H and O–H groups in total. The lowest BCUT2D eigenvalue weighted by molar-refractivity contribution is -0.122. The van der Waals surface area contributed by atoms with Gasteiger partial charge in [-0.3, -0.25) is 4.79 Å². The number of hydrogen-bond acceptors (Lipinski definition) is 3. The maximum atomic E-state index is 12.2. The highest BCUT2D eigenvalue weighted by Crippen LogP contribution is 2.33. The highest BCUT2D eigenvalue weighted by atomic mass is 79.9. The summed E-state index contributed by atoms with van der Waals surface area (Å²) in [4.78, 5) is 13.3. The number of benzene rings is 1. The van der Waals surface area contributed by atoms with Crippen LogP contribution in [0.15, 0.2) is 33.6 Å². The van der Waals surface area contributed by atoms with Gasteiger partial charge in [-0.15, -0.1) is 24.2 Å². The normalized spacial score (nSPS) is 10.9. The minimum absolute atomic E-state index is 0. The highest BCUT2D eigenvalue weighted by Gasteiger charge is 2.28. The number of rotatable bonds is 8. The molecule has 1 aromatic rings. The van der Waals surface area contributed by atoms with Crippen LogP contribution in [0.25, 0.3) is 0 Å². The zero-order valence-corrected chi connectivity index (χ0v) is 16.0. The molecule has 0 aliphatic heterocycles. The third-order valence-electron chi connectivity index (χ3n) is 2.75. The van der Waals surface area contributed by atoms with Crippen molar-refractivity contribution in [1.29, 1.82) is 0 Å². The maximum Gasteiger partial charge on any atom is 0.236 e. The standard InChI is InChI=1S/C15H23BrN2OS.ClH/c1-4-9-17-10-11-18-14(19)15(2,3)20-13-7-5-12(16)6-8-13;/h5-8,17H,4,9-11H2,1-3H3,(H,18,19);1H. The smallest absolute Gasteiger partial charge is 0.236 e. The van der Waals surface area contributed by atoms with Crippen LogP contribution >= 0.6 is 40.1 Å². The Balaban J connectivity index is 0.00000400. The van der Waals surface area contributed by atoms with E-state index in [2.05, 4.69) is 33.5 Å². The first-order valence-electron chi connectivity index (χ1n) is 6.89. The van der Waals surface area contributed by atoms with Gasteiger partial charge in [0, 0.05) is 22.5 Å². The van der Waals surface area contributed by atoms with E-state index in [9.17, 15) is 4.79 Å². The zero-order chi connectivity index (χ0) is 15.0. The second kappa shape index (κ2) is 10.5.